The van der Waals surface area contributed by atoms with Crippen LogP contribution in [0.25, 0.3) is 11.5 Å². The second-order valence-electron chi connectivity index (χ2n) is 5.54. The Hall–Kier alpha value is -2.63. The molecule has 1 aromatic carbocycles. The molecule has 122 valence electrons. The van der Waals surface area contributed by atoms with Crippen LogP contribution in [0.4, 0.5) is 0 Å². The number of hydrogen-bond acceptors (Lipinski definition) is 4. The van der Waals surface area contributed by atoms with Gasteiger partial charge in [0, 0.05) is 18.2 Å². The third kappa shape index (κ3) is 3.97. The number of carboxylic acid groups (broad SMARTS) is 1. The number of carboxylic acids is 1. The number of carbonyl (C=O) groups excluding carboxylic acids is 1. The van der Waals surface area contributed by atoms with E-state index in [9.17, 15) is 9.59 Å². The molecule has 1 heterocycles. The molecule has 1 amide bonds. The largest absolute Gasteiger partial charge is 0.481 e. The van der Waals surface area contributed by atoms with Crippen molar-refractivity contribution in [2.45, 2.75) is 33.2 Å². The molecule has 0 aliphatic carbocycles. The van der Waals surface area contributed by atoms with Gasteiger partial charge in [0.15, 0.2) is 0 Å². The van der Waals surface area contributed by atoms with Crippen molar-refractivity contribution in [3.8, 4) is 11.5 Å². The highest BCUT2D eigenvalue weighted by atomic mass is 16.4. The first-order chi connectivity index (χ1) is 10.9. The Morgan fingerprint density at radius 3 is 2.48 bits per heavy atom. The van der Waals surface area contributed by atoms with Gasteiger partial charge in [-0.3, -0.25) is 9.59 Å². The highest BCUT2D eigenvalue weighted by Gasteiger charge is 2.26. The summed E-state index contributed by atoms with van der Waals surface area (Å²) in [6.07, 6.45) is -0.108. The number of aromatic nitrogens is 1. The van der Waals surface area contributed by atoms with Crippen LogP contribution < -0.4 is 0 Å². The van der Waals surface area contributed by atoms with Crippen LogP contribution in [0.1, 0.15) is 36.5 Å². The molecule has 0 radical (unpaired) electrons. The molecular weight excluding hydrogens is 296 g/mol. The molecule has 6 nitrogen and oxygen atoms in total. The van der Waals surface area contributed by atoms with Crippen LogP contribution in [-0.4, -0.2) is 39.5 Å². The fraction of sp³-hybridized carbons (Fsp3) is 0.353. The molecule has 0 spiro atoms. The van der Waals surface area contributed by atoms with E-state index in [-0.39, 0.29) is 30.7 Å². The van der Waals surface area contributed by atoms with E-state index < -0.39 is 5.97 Å². The van der Waals surface area contributed by atoms with Crippen molar-refractivity contribution in [2.24, 2.45) is 0 Å². The maximum absolute atomic E-state index is 12.7. The molecule has 0 bridgehead atoms. The van der Waals surface area contributed by atoms with Crippen molar-refractivity contribution >= 4 is 11.9 Å². The van der Waals surface area contributed by atoms with Gasteiger partial charge < -0.3 is 14.4 Å². The summed E-state index contributed by atoms with van der Waals surface area (Å²) in [6, 6.07) is 9.19. The number of nitrogens with zero attached hydrogens (tertiary/aromatic N) is 2. The standard InChI is InChI=1S/C17H20N2O4/c1-11(2)19(10-9-14(20)21)17(22)15-12(3)18-16(23-15)13-7-5-4-6-8-13/h4-8,11H,9-10H2,1-3H3,(H,20,21). The first-order valence-corrected chi connectivity index (χ1v) is 7.45. The zero-order chi connectivity index (χ0) is 17.0. The highest BCUT2D eigenvalue weighted by Crippen LogP contribution is 2.23. The fourth-order valence-electron chi connectivity index (χ4n) is 2.24. The molecule has 0 saturated heterocycles. The maximum atomic E-state index is 12.7. The van der Waals surface area contributed by atoms with E-state index in [0.717, 1.165) is 5.56 Å². The Kier molecular flexibility index (Phi) is 5.16. The van der Waals surface area contributed by atoms with Crippen LogP contribution >= 0.6 is 0 Å². The van der Waals surface area contributed by atoms with Crippen molar-refractivity contribution < 1.29 is 19.1 Å². The molecule has 0 aliphatic rings. The van der Waals surface area contributed by atoms with Crippen LogP contribution in [0.3, 0.4) is 0 Å². The molecule has 0 atom stereocenters. The van der Waals surface area contributed by atoms with E-state index in [1.807, 2.05) is 44.2 Å². The lowest BCUT2D eigenvalue weighted by Gasteiger charge is -2.25. The van der Waals surface area contributed by atoms with Crippen molar-refractivity contribution in [3.63, 3.8) is 0 Å². The third-order valence-electron chi connectivity index (χ3n) is 3.46. The van der Waals surface area contributed by atoms with E-state index >= 15 is 0 Å². The van der Waals surface area contributed by atoms with Gasteiger partial charge in [-0.25, -0.2) is 4.98 Å². The molecule has 1 aromatic heterocycles. The summed E-state index contributed by atoms with van der Waals surface area (Å²) in [7, 11) is 0. The predicted molar refractivity (Wildman–Crippen MR) is 85.1 cm³/mol. The van der Waals surface area contributed by atoms with E-state index in [0.29, 0.717) is 11.6 Å². The number of carbonyl (C=O) groups is 2. The first-order valence-electron chi connectivity index (χ1n) is 7.45. The Labute approximate surface area is 134 Å². The maximum Gasteiger partial charge on any atom is 0.305 e. The minimum Gasteiger partial charge on any atom is -0.481 e. The van der Waals surface area contributed by atoms with Crippen LogP contribution in [0.2, 0.25) is 0 Å². The lowest BCUT2D eigenvalue weighted by atomic mass is 10.2. The second-order valence-corrected chi connectivity index (χ2v) is 5.54. The number of rotatable bonds is 6. The summed E-state index contributed by atoms with van der Waals surface area (Å²) < 4.78 is 5.65. The second kappa shape index (κ2) is 7.09. The van der Waals surface area contributed by atoms with Gasteiger partial charge in [0.25, 0.3) is 5.91 Å². The van der Waals surface area contributed by atoms with Crippen molar-refractivity contribution in [2.75, 3.05) is 6.54 Å². The quantitative estimate of drug-likeness (QED) is 0.885. The number of aryl methyl sites for hydroxylation is 1. The number of hydrogen-bond donors (Lipinski definition) is 1. The molecule has 2 aromatic rings. The van der Waals surface area contributed by atoms with Crippen molar-refractivity contribution in [1.82, 2.24) is 9.88 Å². The van der Waals surface area contributed by atoms with Crippen LogP contribution in [0.15, 0.2) is 34.7 Å². The molecule has 23 heavy (non-hydrogen) atoms. The summed E-state index contributed by atoms with van der Waals surface area (Å²) >= 11 is 0. The number of aliphatic carboxylic acids is 1. The number of benzene rings is 1. The van der Waals surface area contributed by atoms with Gasteiger partial charge >= 0.3 is 5.97 Å². The Balaban J connectivity index is 2.27. The van der Waals surface area contributed by atoms with Gasteiger partial charge in [0.1, 0.15) is 0 Å². The van der Waals surface area contributed by atoms with Gasteiger partial charge in [0.2, 0.25) is 11.7 Å². The van der Waals surface area contributed by atoms with Gasteiger partial charge in [0.05, 0.1) is 12.1 Å². The van der Waals surface area contributed by atoms with Crippen molar-refractivity contribution in [3.05, 3.63) is 41.8 Å². The molecule has 0 aliphatic heterocycles. The normalized spacial score (nSPS) is 10.8. The molecular formula is C17H20N2O4. The smallest absolute Gasteiger partial charge is 0.305 e. The Bertz CT molecular complexity index is 692. The summed E-state index contributed by atoms with van der Waals surface area (Å²) in [5.74, 6) is -0.743. The summed E-state index contributed by atoms with van der Waals surface area (Å²) in [4.78, 5) is 29.2. The fourth-order valence-corrected chi connectivity index (χ4v) is 2.24. The number of amides is 1. The summed E-state index contributed by atoms with van der Waals surface area (Å²) in [5.41, 5.74) is 1.28. The topological polar surface area (TPSA) is 83.6 Å². The van der Waals surface area contributed by atoms with Gasteiger partial charge in [-0.1, -0.05) is 18.2 Å². The summed E-state index contributed by atoms with van der Waals surface area (Å²) in [5, 5.41) is 8.83. The third-order valence-corrected chi connectivity index (χ3v) is 3.46. The lowest BCUT2D eigenvalue weighted by molar-refractivity contribution is -0.137. The molecule has 0 fully saturated rings. The predicted octanol–water partition coefficient (Wildman–Crippen LogP) is 2.98. The SMILES string of the molecule is Cc1nc(-c2ccccc2)oc1C(=O)N(CCC(=O)O)C(C)C. The van der Waals surface area contributed by atoms with E-state index in [1.165, 1.54) is 4.90 Å². The zero-order valence-corrected chi connectivity index (χ0v) is 13.4. The average molecular weight is 316 g/mol. The minimum atomic E-state index is -0.942. The first kappa shape index (κ1) is 16.7. The average Bonchev–Trinajstić information content (AvgIpc) is 2.89. The molecule has 6 heteroatoms. The molecule has 1 N–H and O–H groups in total. The Morgan fingerprint density at radius 2 is 1.91 bits per heavy atom. The minimum absolute atomic E-state index is 0.108. The van der Waals surface area contributed by atoms with Crippen LogP contribution in [0.5, 0.6) is 0 Å². The zero-order valence-electron chi connectivity index (χ0n) is 13.4. The monoisotopic (exact) mass is 316 g/mol. The van der Waals surface area contributed by atoms with Gasteiger partial charge in [-0.05, 0) is 32.9 Å². The van der Waals surface area contributed by atoms with Crippen molar-refractivity contribution in [1.29, 1.82) is 0 Å². The van der Waals surface area contributed by atoms with Gasteiger partial charge in [-0.15, -0.1) is 0 Å². The van der Waals surface area contributed by atoms with Crippen LogP contribution in [0, 0.1) is 6.92 Å². The summed E-state index contributed by atoms with van der Waals surface area (Å²) in [6.45, 7) is 5.51. The highest BCUT2D eigenvalue weighted by molar-refractivity contribution is 5.93. The lowest BCUT2D eigenvalue weighted by Crippen LogP contribution is -2.38. The van der Waals surface area contributed by atoms with Crippen LogP contribution in [-0.2, 0) is 4.79 Å². The molecule has 2 rings (SSSR count). The van der Waals surface area contributed by atoms with E-state index in [4.69, 9.17) is 9.52 Å². The Morgan fingerprint density at radius 1 is 1.26 bits per heavy atom. The van der Waals surface area contributed by atoms with E-state index in [1.54, 1.807) is 6.92 Å². The molecule has 0 saturated carbocycles. The van der Waals surface area contributed by atoms with Gasteiger partial charge in [-0.2, -0.15) is 0 Å². The van der Waals surface area contributed by atoms with E-state index in [2.05, 4.69) is 4.98 Å². The number of oxazole rings is 1. The molecule has 0 unspecified atom stereocenters.